The van der Waals surface area contributed by atoms with Gasteiger partial charge in [0, 0.05) is 29.4 Å². The van der Waals surface area contributed by atoms with Crippen LogP contribution < -0.4 is 15.4 Å². The van der Waals surface area contributed by atoms with Crippen LogP contribution in [0.5, 0.6) is 5.75 Å². The first-order chi connectivity index (χ1) is 23.2. The average molecular weight is 773 g/mol. The van der Waals surface area contributed by atoms with E-state index in [1.165, 1.54) is 24.7 Å². The second-order valence-corrected chi connectivity index (χ2v) is 16.3. The van der Waals surface area contributed by atoms with Crippen LogP contribution in [0.4, 0.5) is 15.9 Å². The maximum Gasteiger partial charge on any atom is 0.261 e. The molecule has 0 spiro atoms. The van der Waals surface area contributed by atoms with Crippen LogP contribution >= 0.6 is 11.6 Å². The molecular weight excluding hydrogens is 739 g/mol. The Morgan fingerprint density at radius 3 is 2.22 bits per heavy atom. The molecule has 2 aromatic heterocycles. The molecule has 0 unspecified atom stereocenters. The number of nitrogens with one attached hydrogen (secondary N) is 2. The summed E-state index contributed by atoms with van der Waals surface area (Å²) in [6.45, 7) is 0.956. The van der Waals surface area contributed by atoms with Gasteiger partial charge in [-0.05, 0) is 66.2 Å². The number of aromatic nitrogens is 2. The van der Waals surface area contributed by atoms with Gasteiger partial charge in [-0.1, -0.05) is 23.7 Å². The van der Waals surface area contributed by atoms with E-state index in [1.807, 2.05) is 36.4 Å². The fraction of sp³-hybridized carbons (Fsp3) is 0.226. The molecule has 0 radical (unpaired) electrons. The number of rotatable bonds is 11. The highest BCUT2D eigenvalue weighted by atomic mass is 35.5. The van der Waals surface area contributed by atoms with E-state index in [9.17, 15) is 29.6 Å². The molecule has 0 aliphatic rings. The Kier molecular flexibility index (Phi) is 14.2. The molecule has 0 saturated carbocycles. The lowest BCUT2D eigenvalue weighted by molar-refractivity contribution is 0.306. The lowest BCUT2D eigenvalue weighted by Gasteiger charge is -2.12. The van der Waals surface area contributed by atoms with Crippen molar-refractivity contribution in [3.05, 3.63) is 101 Å². The minimum Gasteiger partial charge on any atom is -0.487 e. The van der Waals surface area contributed by atoms with Crippen LogP contribution in [-0.4, -0.2) is 75.4 Å². The largest absolute Gasteiger partial charge is 0.487 e. The van der Waals surface area contributed by atoms with Crippen LogP contribution in [0.25, 0.3) is 22.2 Å². The zero-order valence-electron chi connectivity index (χ0n) is 26.9. The van der Waals surface area contributed by atoms with Crippen molar-refractivity contribution in [1.29, 1.82) is 0 Å². The number of halogens is 2. The normalized spacial score (nSPS) is 11.6. The number of nitrogens with zero attached hydrogens (tertiary/aromatic N) is 2. The number of furan rings is 1. The number of hydrogen-bond donors (Lipinski definition) is 4. The Morgan fingerprint density at radius 2 is 1.58 bits per heavy atom. The topological polar surface area (TPSA) is 215 Å². The van der Waals surface area contributed by atoms with Gasteiger partial charge in [-0.2, -0.15) is 16.8 Å². The van der Waals surface area contributed by atoms with Crippen LogP contribution in [0, 0.1) is 5.82 Å². The Hall–Kier alpha value is -4.17. The van der Waals surface area contributed by atoms with E-state index in [-0.39, 0.29) is 18.2 Å². The van der Waals surface area contributed by atoms with Crippen molar-refractivity contribution in [2.45, 2.75) is 13.2 Å². The second-order valence-electron chi connectivity index (χ2n) is 10.7. The maximum absolute atomic E-state index is 13.4. The molecule has 270 valence electrons. The molecule has 5 aromatic rings. The zero-order chi connectivity index (χ0) is 37.1. The molecule has 14 nitrogen and oxygen atoms in total. The fourth-order valence-corrected chi connectivity index (χ4v) is 4.78. The summed E-state index contributed by atoms with van der Waals surface area (Å²) in [4.78, 5) is 8.80. The zero-order valence-corrected chi connectivity index (χ0v) is 30.1. The lowest BCUT2D eigenvalue weighted by atomic mass is 10.1. The summed E-state index contributed by atoms with van der Waals surface area (Å²) in [5, 5.41) is 7.56. The molecule has 5 rings (SSSR count). The van der Waals surface area contributed by atoms with E-state index in [2.05, 4.69) is 20.6 Å². The summed E-state index contributed by atoms with van der Waals surface area (Å²) < 4.78 is 99.5. The van der Waals surface area contributed by atoms with Crippen LogP contribution in [-0.2, 0) is 43.2 Å². The van der Waals surface area contributed by atoms with Gasteiger partial charge in [0.25, 0.3) is 20.2 Å². The van der Waals surface area contributed by atoms with Crippen molar-refractivity contribution >= 4 is 64.1 Å². The Labute approximate surface area is 294 Å². The average Bonchev–Trinajstić information content (AvgIpc) is 3.46. The summed E-state index contributed by atoms with van der Waals surface area (Å²) in [6, 6.07) is 21.0. The minimum atomic E-state index is -3.67. The van der Waals surface area contributed by atoms with Gasteiger partial charge >= 0.3 is 0 Å². The van der Waals surface area contributed by atoms with Crippen molar-refractivity contribution in [2.24, 2.45) is 0 Å². The third-order valence-corrected chi connectivity index (χ3v) is 7.25. The molecule has 3 aromatic carbocycles. The van der Waals surface area contributed by atoms with Gasteiger partial charge in [0.05, 0.1) is 35.3 Å². The SMILES string of the molecule is CS(=O)(=O)CCNCc1ccc(-c2ccc3ncnc(Nc4ccc(OCc5cccc(F)c5)c(Cl)c4)c3c2)o1.CS(=O)(=O)O.CS(=O)(=O)O. The van der Waals surface area contributed by atoms with Gasteiger partial charge in [0.15, 0.2) is 0 Å². The van der Waals surface area contributed by atoms with E-state index < -0.39 is 30.1 Å². The Bertz CT molecular complexity index is 2210. The maximum atomic E-state index is 13.4. The fourth-order valence-electron chi connectivity index (χ4n) is 4.03. The summed E-state index contributed by atoms with van der Waals surface area (Å²) in [6.07, 6.45) is 4.12. The van der Waals surface area contributed by atoms with Gasteiger partial charge in [-0.3, -0.25) is 9.11 Å². The summed E-state index contributed by atoms with van der Waals surface area (Å²) in [5.74, 6) is 2.17. The molecule has 0 saturated heterocycles. The number of fused-ring (bicyclic) bond motifs is 1. The molecule has 0 amide bonds. The molecule has 4 N–H and O–H groups in total. The number of anilines is 2. The molecular formula is C31H34ClFN4O10S3. The van der Waals surface area contributed by atoms with Gasteiger partial charge in [-0.25, -0.2) is 22.8 Å². The number of hydrogen-bond acceptors (Lipinski definition) is 12. The van der Waals surface area contributed by atoms with Crippen LogP contribution in [0.3, 0.4) is 0 Å². The Morgan fingerprint density at radius 1 is 0.880 bits per heavy atom. The van der Waals surface area contributed by atoms with Crippen molar-refractivity contribution in [3.63, 3.8) is 0 Å². The van der Waals surface area contributed by atoms with Gasteiger partial charge in [-0.15, -0.1) is 0 Å². The third-order valence-electron chi connectivity index (χ3n) is 6.01. The first-order valence-corrected chi connectivity index (χ1v) is 20.4. The number of benzene rings is 3. The van der Waals surface area contributed by atoms with Gasteiger partial charge in [0.2, 0.25) is 0 Å². The predicted molar refractivity (Wildman–Crippen MR) is 189 cm³/mol. The highest BCUT2D eigenvalue weighted by Crippen LogP contribution is 2.33. The molecule has 19 heteroatoms. The Balaban J connectivity index is 0.000000595. The van der Waals surface area contributed by atoms with E-state index in [4.69, 9.17) is 29.9 Å². The molecule has 0 aliphatic heterocycles. The van der Waals surface area contributed by atoms with Crippen molar-refractivity contribution in [1.82, 2.24) is 15.3 Å². The monoisotopic (exact) mass is 772 g/mol. The van der Waals surface area contributed by atoms with E-state index >= 15 is 0 Å². The van der Waals surface area contributed by atoms with E-state index in [1.54, 1.807) is 24.3 Å². The van der Waals surface area contributed by atoms with Crippen LogP contribution in [0.1, 0.15) is 11.3 Å². The molecule has 2 heterocycles. The second kappa shape index (κ2) is 17.7. The van der Waals surface area contributed by atoms with Crippen molar-refractivity contribution in [2.75, 3.05) is 36.4 Å². The predicted octanol–water partition coefficient (Wildman–Crippen LogP) is 5.15. The number of ether oxygens (including phenoxy) is 1. The third kappa shape index (κ3) is 15.6. The molecule has 0 atom stereocenters. The first-order valence-electron chi connectivity index (χ1n) is 14.2. The highest BCUT2D eigenvalue weighted by molar-refractivity contribution is 7.90. The van der Waals surface area contributed by atoms with Crippen LogP contribution in [0.15, 0.2) is 83.5 Å². The van der Waals surface area contributed by atoms with Crippen LogP contribution in [0.2, 0.25) is 5.02 Å². The van der Waals surface area contributed by atoms with Gasteiger partial charge < -0.3 is 19.8 Å². The number of sulfone groups is 1. The summed E-state index contributed by atoms with van der Waals surface area (Å²) in [7, 11) is -10.4. The van der Waals surface area contributed by atoms with Gasteiger partial charge in [0.1, 0.15) is 51.7 Å². The minimum absolute atomic E-state index is 0.0664. The lowest BCUT2D eigenvalue weighted by Crippen LogP contribution is -2.21. The quantitative estimate of drug-likeness (QED) is 0.101. The first kappa shape index (κ1) is 40.3. The standard InChI is InChI=1S/C29H26ClFN4O4S.2CH4O3S/c1-40(36,37)12-11-32-16-23-7-10-27(39-23)20-5-8-26-24(14-20)29(34-18-33-26)35-22-6-9-28(25(30)15-22)38-17-19-3-2-4-21(31)13-19;2*1-5(2,3)4/h2-10,13-15,18,32H,11-12,16-17H2,1H3,(H,33,34,35);2*1H3,(H,2,3,4). The smallest absolute Gasteiger partial charge is 0.261 e. The van der Waals surface area contributed by atoms with E-state index in [0.717, 1.165) is 16.5 Å². The molecule has 50 heavy (non-hydrogen) atoms. The molecule has 0 aliphatic carbocycles. The molecule has 0 bridgehead atoms. The van der Waals surface area contributed by atoms with Crippen molar-refractivity contribution in [3.8, 4) is 17.1 Å². The summed E-state index contributed by atoms with van der Waals surface area (Å²) >= 11 is 6.47. The highest BCUT2D eigenvalue weighted by Gasteiger charge is 2.12. The van der Waals surface area contributed by atoms with E-state index in [0.29, 0.717) is 65.0 Å². The summed E-state index contributed by atoms with van der Waals surface area (Å²) in [5.41, 5.74) is 2.99. The van der Waals surface area contributed by atoms with Crippen molar-refractivity contribution < 1.29 is 47.9 Å². The molecule has 0 fully saturated rings.